The molecule has 1 saturated heterocycles. The van der Waals surface area contributed by atoms with Crippen molar-refractivity contribution in [1.29, 1.82) is 0 Å². The second kappa shape index (κ2) is 8.73. The van der Waals surface area contributed by atoms with Crippen LogP contribution in [-0.4, -0.2) is 39.1 Å². The van der Waals surface area contributed by atoms with Crippen LogP contribution in [0.4, 0.5) is 16.9 Å². The van der Waals surface area contributed by atoms with Crippen molar-refractivity contribution in [2.75, 3.05) is 23.3 Å². The lowest BCUT2D eigenvalue weighted by Crippen LogP contribution is -2.46. The molecule has 166 valence electrons. The molecule has 8 heteroatoms. The van der Waals surface area contributed by atoms with Crippen LogP contribution in [0.1, 0.15) is 67.9 Å². The lowest BCUT2D eigenvalue weighted by Gasteiger charge is -2.41. The topological polar surface area (TPSA) is 91.2 Å². The number of hydrogen-bond donors (Lipinski definition) is 2. The normalized spacial score (nSPS) is 24.9. The molecule has 0 amide bonds. The van der Waals surface area contributed by atoms with Gasteiger partial charge in [-0.15, -0.1) is 11.3 Å². The van der Waals surface area contributed by atoms with Gasteiger partial charge in [0.25, 0.3) is 0 Å². The Morgan fingerprint density at radius 2 is 1.94 bits per heavy atom. The monoisotopic (exact) mass is 441 g/mol. The molecule has 3 aliphatic rings. The molecule has 7 nitrogen and oxygen atoms in total. The minimum Gasteiger partial charge on any atom is -0.481 e. The van der Waals surface area contributed by atoms with E-state index in [4.69, 9.17) is 4.98 Å². The highest BCUT2D eigenvalue weighted by Gasteiger charge is 2.37. The number of aliphatic carboxylic acids is 1. The van der Waals surface area contributed by atoms with Crippen molar-refractivity contribution in [2.45, 2.75) is 64.2 Å². The van der Waals surface area contributed by atoms with Gasteiger partial charge in [0.2, 0.25) is 5.95 Å². The first-order chi connectivity index (χ1) is 15.0. The van der Waals surface area contributed by atoms with Crippen molar-refractivity contribution in [3.8, 4) is 0 Å². The Labute approximate surface area is 187 Å². The van der Waals surface area contributed by atoms with Crippen LogP contribution in [-0.2, 0) is 4.79 Å². The molecule has 31 heavy (non-hydrogen) atoms. The number of carbonyl (C=O) groups is 1. The van der Waals surface area contributed by atoms with Gasteiger partial charge in [-0.25, -0.2) is 9.97 Å². The van der Waals surface area contributed by atoms with E-state index in [-0.39, 0.29) is 5.92 Å². The zero-order chi connectivity index (χ0) is 21.4. The van der Waals surface area contributed by atoms with Crippen LogP contribution in [0.25, 0.3) is 0 Å². The second-order valence-corrected chi connectivity index (χ2v) is 10.6. The van der Waals surface area contributed by atoms with Gasteiger partial charge < -0.3 is 15.3 Å². The molecule has 2 aromatic rings. The summed E-state index contributed by atoms with van der Waals surface area (Å²) in [6, 6.07) is 1.93. The van der Waals surface area contributed by atoms with E-state index < -0.39 is 5.97 Å². The molecular formula is C23H31N5O2S. The van der Waals surface area contributed by atoms with Gasteiger partial charge in [-0.3, -0.25) is 4.79 Å². The highest BCUT2D eigenvalue weighted by atomic mass is 32.1. The van der Waals surface area contributed by atoms with Crippen LogP contribution in [0, 0.1) is 24.7 Å². The number of nitrogens with zero attached hydrogens (tertiary/aromatic N) is 4. The summed E-state index contributed by atoms with van der Waals surface area (Å²) in [6.45, 7) is 3.29. The molecule has 0 unspecified atom stereocenters. The summed E-state index contributed by atoms with van der Waals surface area (Å²) < 4.78 is 0. The maximum Gasteiger partial charge on any atom is 0.308 e. The van der Waals surface area contributed by atoms with E-state index in [0.717, 1.165) is 29.6 Å². The van der Waals surface area contributed by atoms with Crippen LogP contribution >= 0.6 is 11.3 Å². The van der Waals surface area contributed by atoms with E-state index in [1.165, 1.54) is 49.8 Å². The number of carboxylic acid groups (broad SMARTS) is 1. The van der Waals surface area contributed by atoms with Crippen LogP contribution in [0.15, 0.2) is 12.3 Å². The van der Waals surface area contributed by atoms with E-state index in [2.05, 4.69) is 20.2 Å². The Morgan fingerprint density at radius 1 is 1.13 bits per heavy atom. The Balaban J connectivity index is 1.35. The minimum absolute atomic E-state index is 0.360. The van der Waals surface area contributed by atoms with E-state index in [9.17, 15) is 9.90 Å². The van der Waals surface area contributed by atoms with Crippen molar-refractivity contribution in [3.05, 3.63) is 22.8 Å². The summed E-state index contributed by atoms with van der Waals surface area (Å²) in [5.41, 5.74) is 0.873. The third-order valence-electron chi connectivity index (χ3n) is 7.01. The molecular weight excluding hydrogens is 410 g/mol. The quantitative estimate of drug-likeness (QED) is 0.654. The zero-order valence-corrected chi connectivity index (χ0v) is 18.9. The lowest BCUT2D eigenvalue weighted by molar-refractivity contribution is -0.142. The summed E-state index contributed by atoms with van der Waals surface area (Å²) in [5.74, 6) is 2.01. The number of rotatable bonds is 6. The van der Waals surface area contributed by atoms with Crippen LogP contribution in [0.2, 0.25) is 0 Å². The Kier molecular flexibility index (Phi) is 5.82. The number of anilines is 3. The predicted molar refractivity (Wildman–Crippen MR) is 122 cm³/mol. The standard InChI is InChI=1S/C23H31N5O2S/c1-14-9-20(27-23-24-11-19(31-23)16-7-8-16)26-22(25-14)28-12-17(10-18(13-28)21(29)30)15-5-3-2-4-6-15/h9,11,15-18H,2-8,10,12-13H2,1H3,(H,29,30)(H,24,25,26,27)/t17-,18+/m0/s1. The molecule has 0 spiro atoms. The molecule has 2 N–H and O–H groups in total. The first kappa shape index (κ1) is 20.7. The summed E-state index contributed by atoms with van der Waals surface area (Å²) in [5, 5.41) is 14.0. The molecule has 0 aromatic carbocycles. The maximum atomic E-state index is 11.9. The SMILES string of the molecule is Cc1cc(Nc2ncc(C3CC3)s2)nc(N2C[C@H](C(=O)O)C[C@H](C3CCCCC3)C2)n1. The zero-order valence-electron chi connectivity index (χ0n) is 18.1. The number of nitrogens with one attached hydrogen (secondary N) is 1. The molecule has 0 bridgehead atoms. The predicted octanol–water partition coefficient (Wildman–Crippen LogP) is 4.97. The molecule has 2 atom stereocenters. The fourth-order valence-electron chi connectivity index (χ4n) is 5.20. The Hall–Kier alpha value is -2.22. The summed E-state index contributed by atoms with van der Waals surface area (Å²) in [4.78, 5) is 29.3. The maximum absolute atomic E-state index is 11.9. The largest absolute Gasteiger partial charge is 0.481 e. The molecule has 2 aromatic heterocycles. The Morgan fingerprint density at radius 3 is 2.68 bits per heavy atom. The average Bonchev–Trinajstić information content (AvgIpc) is 3.53. The first-order valence-corrected chi connectivity index (χ1v) is 12.4. The van der Waals surface area contributed by atoms with Crippen molar-refractivity contribution in [1.82, 2.24) is 15.0 Å². The van der Waals surface area contributed by atoms with Gasteiger partial charge in [0.1, 0.15) is 5.82 Å². The molecule has 2 saturated carbocycles. The highest BCUT2D eigenvalue weighted by Crippen LogP contribution is 2.44. The number of aromatic nitrogens is 3. The van der Waals surface area contributed by atoms with Crippen molar-refractivity contribution in [2.24, 2.45) is 17.8 Å². The van der Waals surface area contributed by atoms with Gasteiger partial charge >= 0.3 is 5.97 Å². The third kappa shape index (κ3) is 4.84. The van der Waals surface area contributed by atoms with Gasteiger partial charge in [0.05, 0.1) is 5.92 Å². The number of aryl methyl sites for hydroxylation is 1. The first-order valence-electron chi connectivity index (χ1n) is 11.6. The van der Waals surface area contributed by atoms with Crippen molar-refractivity contribution < 1.29 is 9.90 Å². The summed E-state index contributed by atoms with van der Waals surface area (Å²) >= 11 is 1.70. The van der Waals surface area contributed by atoms with E-state index in [1.54, 1.807) is 11.3 Å². The number of carboxylic acids is 1. The molecule has 2 aliphatic carbocycles. The van der Waals surface area contributed by atoms with Gasteiger partial charge in [-0.1, -0.05) is 32.1 Å². The molecule has 3 fully saturated rings. The van der Waals surface area contributed by atoms with Crippen molar-refractivity contribution >= 4 is 34.2 Å². The minimum atomic E-state index is -0.702. The molecule has 1 aliphatic heterocycles. The Bertz CT molecular complexity index is 938. The van der Waals surface area contributed by atoms with Gasteiger partial charge in [0, 0.05) is 35.9 Å². The summed E-state index contributed by atoms with van der Waals surface area (Å²) in [6.07, 6.45) is 11.6. The number of thiazole rings is 1. The third-order valence-corrected chi connectivity index (χ3v) is 8.09. The van der Waals surface area contributed by atoms with Gasteiger partial charge in [-0.05, 0) is 43.9 Å². The smallest absolute Gasteiger partial charge is 0.308 e. The summed E-state index contributed by atoms with van der Waals surface area (Å²) in [7, 11) is 0. The van der Waals surface area contributed by atoms with Crippen LogP contribution < -0.4 is 10.2 Å². The average molecular weight is 442 g/mol. The number of piperidine rings is 1. The van der Waals surface area contributed by atoms with Crippen molar-refractivity contribution in [3.63, 3.8) is 0 Å². The number of hydrogen-bond acceptors (Lipinski definition) is 7. The molecule has 5 rings (SSSR count). The second-order valence-electron chi connectivity index (χ2n) is 9.50. The van der Waals surface area contributed by atoms with Crippen LogP contribution in [0.3, 0.4) is 0 Å². The lowest BCUT2D eigenvalue weighted by atomic mass is 9.74. The fraction of sp³-hybridized carbons (Fsp3) is 0.652. The van der Waals surface area contributed by atoms with Gasteiger partial charge in [-0.2, -0.15) is 4.98 Å². The molecule has 0 radical (unpaired) electrons. The van der Waals surface area contributed by atoms with E-state index >= 15 is 0 Å². The van der Waals surface area contributed by atoms with E-state index in [0.29, 0.717) is 30.2 Å². The van der Waals surface area contributed by atoms with E-state index in [1.807, 2.05) is 19.2 Å². The van der Waals surface area contributed by atoms with Crippen LogP contribution in [0.5, 0.6) is 0 Å². The highest BCUT2D eigenvalue weighted by molar-refractivity contribution is 7.15. The van der Waals surface area contributed by atoms with Gasteiger partial charge in [0.15, 0.2) is 5.13 Å². The fourth-order valence-corrected chi connectivity index (χ4v) is 6.19. The molecule has 3 heterocycles.